The molecule has 0 aromatic heterocycles. The number of halogens is 1. The highest BCUT2D eigenvalue weighted by molar-refractivity contribution is 5.95. The number of nitrogens with zero attached hydrogens (tertiary/aromatic N) is 1. The Morgan fingerprint density at radius 3 is 2.23 bits per heavy atom. The summed E-state index contributed by atoms with van der Waals surface area (Å²) in [5.41, 5.74) is 3.76. The van der Waals surface area contributed by atoms with E-state index >= 15 is 0 Å². The SMILES string of the molecule is COC(=O)c1ccc(C=NNC(=O)c2ccc(F)cc2)cc1. The van der Waals surface area contributed by atoms with Crippen LogP contribution in [0, 0.1) is 5.82 Å². The first-order valence-corrected chi connectivity index (χ1v) is 6.37. The van der Waals surface area contributed by atoms with Crippen molar-refractivity contribution in [2.75, 3.05) is 7.11 Å². The van der Waals surface area contributed by atoms with Crippen LogP contribution in [0.4, 0.5) is 4.39 Å². The van der Waals surface area contributed by atoms with Gasteiger partial charge in [-0.25, -0.2) is 14.6 Å². The molecule has 0 atom stereocenters. The molecule has 0 saturated heterocycles. The lowest BCUT2D eigenvalue weighted by atomic mass is 10.1. The van der Waals surface area contributed by atoms with Crippen LogP contribution in [0.1, 0.15) is 26.3 Å². The van der Waals surface area contributed by atoms with Gasteiger partial charge in [-0.3, -0.25) is 4.79 Å². The molecule has 2 aromatic carbocycles. The summed E-state index contributed by atoms with van der Waals surface area (Å²) in [6, 6.07) is 11.6. The number of hydrazone groups is 1. The molecule has 2 rings (SSSR count). The minimum absolute atomic E-state index is 0.305. The van der Waals surface area contributed by atoms with E-state index in [4.69, 9.17) is 0 Å². The normalized spacial score (nSPS) is 10.5. The summed E-state index contributed by atoms with van der Waals surface area (Å²) in [6.45, 7) is 0. The Kier molecular flexibility index (Phi) is 4.98. The van der Waals surface area contributed by atoms with E-state index in [-0.39, 0.29) is 0 Å². The summed E-state index contributed by atoms with van der Waals surface area (Å²) >= 11 is 0. The zero-order valence-electron chi connectivity index (χ0n) is 11.7. The molecule has 1 amide bonds. The Hall–Kier alpha value is -3.02. The molecule has 0 aliphatic carbocycles. The lowest BCUT2D eigenvalue weighted by Crippen LogP contribution is -2.17. The number of benzene rings is 2. The number of ether oxygens (including phenoxy) is 1. The number of carbonyl (C=O) groups excluding carboxylic acids is 2. The summed E-state index contributed by atoms with van der Waals surface area (Å²) < 4.78 is 17.3. The molecule has 0 spiro atoms. The van der Waals surface area contributed by atoms with Crippen molar-refractivity contribution < 1.29 is 18.7 Å². The van der Waals surface area contributed by atoms with Crippen LogP contribution in [-0.4, -0.2) is 25.2 Å². The van der Waals surface area contributed by atoms with Crippen molar-refractivity contribution in [3.63, 3.8) is 0 Å². The average molecular weight is 300 g/mol. The van der Waals surface area contributed by atoms with Crippen molar-refractivity contribution in [2.24, 2.45) is 5.10 Å². The van der Waals surface area contributed by atoms with E-state index in [1.165, 1.54) is 37.6 Å². The van der Waals surface area contributed by atoms with Crippen LogP contribution in [0.5, 0.6) is 0 Å². The highest BCUT2D eigenvalue weighted by Gasteiger charge is 2.04. The highest BCUT2D eigenvalue weighted by Crippen LogP contribution is 2.04. The molecule has 0 unspecified atom stereocenters. The number of amides is 1. The fourth-order valence-corrected chi connectivity index (χ4v) is 1.65. The standard InChI is InChI=1S/C16H13FN2O3/c1-22-16(21)13-4-2-11(3-5-13)10-18-19-15(20)12-6-8-14(17)9-7-12/h2-10H,1H3,(H,19,20). The molecule has 22 heavy (non-hydrogen) atoms. The van der Waals surface area contributed by atoms with Crippen LogP contribution in [-0.2, 0) is 4.74 Å². The second kappa shape index (κ2) is 7.12. The number of rotatable bonds is 4. The summed E-state index contributed by atoms with van der Waals surface area (Å²) in [5.74, 6) is -1.28. The smallest absolute Gasteiger partial charge is 0.337 e. The molecule has 5 nitrogen and oxygen atoms in total. The Balaban J connectivity index is 1.96. The van der Waals surface area contributed by atoms with Gasteiger partial charge >= 0.3 is 5.97 Å². The van der Waals surface area contributed by atoms with Gasteiger partial charge in [-0.05, 0) is 42.0 Å². The molecule has 2 aromatic rings. The van der Waals surface area contributed by atoms with Gasteiger partial charge in [0.1, 0.15) is 5.82 Å². The van der Waals surface area contributed by atoms with E-state index in [2.05, 4.69) is 15.3 Å². The van der Waals surface area contributed by atoms with Gasteiger partial charge in [-0.15, -0.1) is 0 Å². The Labute approximate surface area is 126 Å². The molecule has 0 radical (unpaired) electrons. The third-order valence-electron chi connectivity index (χ3n) is 2.82. The molecular formula is C16H13FN2O3. The van der Waals surface area contributed by atoms with Crippen molar-refractivity contribution >= 4 is 18.1 Å². The van der Waals surface area contributed by atoms with Gasteiger partial charge in [0.25, 0.3) is 5.91 Å². The van der Waals surface area contributed by atoms with Crippen molar-refractivity contribution in [3.8, 4) is 0 Å². The molecule has 0 bridgehead atoms. The molecule has 6 heteroatoms. The second-order valence-corrected chi connectivity index (χ2v) is 4.32. The lowest BCUT2D eigenvalue weighted by molar-refractivity contribution is 0.0600. The number of nitrogens with one attached hydrogen (secondary N) is 1. The van der Waals surface area contributed by atoms with Crippen molar-refractivity contribution in [1.29, 1.82) is 0 Å². The van der Waals surface area contributed by atoms with Crippen molar-refractivity contribution in [2.45, 2.75) is 0 Å². The highest BCUT2D eigenvalue weighted by atomic mass is 19.1. The van der Waals surface area contributed by atoms with Gasteiger partial charge in [-0.1, -0.05) is 12.1 Å². The first kappa shape index (κ1) is 15.4. The van der Waals surface area contributed by atoms with Crippen LogP contribution in [0.3, 0.4) is 0 Å². The van der Waals surface area contributed by atoms with Crippen LogP contribution < -0.4 is 5.43 Å². The van der Waals surface area contributed by atoms with Gasteiger partial charge in [0.05, 0.1) is 18.9 Å². The third-order valence-corrected chi connectivity index (χ3v) is 2.82. The fraction of sp³-hybridized carbons (Fsp3) is 0.0625. The minimum atomic E-state index is -0.442. The molecule has 0 fully saturated rings. The molecule has 0 saturated carbocycles. The third kappa shape index (κ3) is 3.99. The largest absolute Gasteiger partial charge is 0.465 e. The lowest BCUT2D eigenvalue weighted by Gasteiger charge is -2.00. The quantitative estimate of drug-likeness (QED) is 0.535. The Morgan fingerprint density at radius 2 is 1.64 bits per heavy atom. The van der Waals surface area contributed by atoms with Gasteiger partial charge in [0.15, 0.2) is 0 Å². The van der Waals surface area contributed by atoms with Gasteiger partial charge in [-0.2, -0.15) is 5.10 Å². The summed E-state index contributed by atoms with van der Waals surface area (Å²) in [6.07, 6.45) is 1.43. The van der Waals surface area contributed by atoms with E-state index in [1.807, 2.05) is 0 Å². The molecule has 0 aliphatic rings. The van der Waals surface area contributed by atoms with Crippen LogP contribution in [0.25, 0.3) is 0 Å². The number of carbonyl (C=O) groups is 2. The van der Waals surface area contributed by atoms with E-state index in [0.717, 1.165) is 0 Å². The van der Waals surface area contributed by atoms with E-state index in [1.54, 1.807) is 24.3 Å². The monoisotopic (exact) mass is 300 g/mol. The summed E-state index contributed by atoms with van der Waals surface area (Å²) in [5, 5.41) is 3.80. The zero-order valence-corrected chi connectivity index (χ0v) is 11.7. The summed E-state index contributed by atoms with van der Waals surface area (Å²) in [7, 11) is 1.31. The number of esters is 1. The molecule has 0 heterocycles. The number of hydrogen-bond donors (Lipinski definition) is 1. The van der Waals surface area contributed by atoms with Crippen molar-refractivity contribution in [3.05, 3.63) is 71.0 Å². The molecule has 0 aliphatic heterocycles. The number of methoxy groups -OCH3 is 1. The van der Waals surface area contributed by atoms with Gasteiger partial charge in [0, 0.05) is 5.56 Å². The van der Waals surface area contributed by atoms with Gasteiger partial charge < -0.3 is 4.74 Å². The van der Waals surface area contributed by atoms with Gasteiger partial charge in [0.2, 0.25) is 0 Å². The van der Waals surface area contributed by atoms with Crippen LogP contribution in [0.15, 0.2) is 53.6 Å². The maximum atomic E-state index is 12.7. The predicted octanol–water partition coefficient (Wildman–Crippen LogP) is 2.38. The van der Waals surface area contributed by atoms with E-state index in [0.29, 0.717) is 16.7 Å². The zero-order chi connectivity index (χ0) is 15.9. The van der Waals surface area contributed by atoms with Crippen molar-refractivity contribution in [1.82, 2.24) is 5.43 Å². The van der Waals surface area contributed by atoms with E-state index < -0.39 is 17.7 Å². The molecular weight excluding hydrogens is 287 g/mol. The second-order valence-electron chi connectivity index (χ2n) is 4.32. The predicted molar refractivity (Wildman–Crippen MR) is 79.2 cm³/mol. The molecule has 1 N–H and O–H groups in total. The maximum absolute atomic E-state index is 12.7. The number of hydrogen-bond acceptors (Lipinski definition) is 4. The Morgan fingerprint density at radius 1 is 1.05 bits per heavy atom. The summed E-state index contributed by atoms with van der Waals surface area (Å²) in [4.78, 5) is 23.0. The fourth-order valence-electron chi connectivity index (χ4n) is 1.65. The topological polar surface area (TPSA) is 67.8 Å². The van der Waals surface area contributed by atoms with Crippen LogP contribution in [0.2, 0.25) is 0 Å². The molecule has 112 valence electrons. The Bertz CT molecular complexity index is 694. The average Bonchev–Trinajstić information content (AvgIpc) is 2.55. The minimum Gasteiger partial charge on any atom is -0.465 e. The first-order valence-electron chi connectivity index (χ1n) is 6.37. The first-order chi connectivity index (χ1) is 10.6. The maximum Gasteiger partial charge on any atom is 0.337 e. The van der Waals surface area contributed by atoms with E-state index in [9.17, 15) is 14.0 Å². The van der Waals surface area contributed by atoms with Crippen LogP contribution >= 0.6 is 0 Å².